The number of halogens is 1. The Morgan fingerprint density at radius 2 is 2.10 bits per heavy atom. The summed E-state index contributed by atoms with van der Waals surface area (Å²) in [5.41, 5.74) is 0.601. The maximum atomic E-state index is 12.4. The fraction of sp³-hybridized carbons (Fsp3) is 0.529. The van der Waals surface area contributed by atoms with Crippen LogP contribution in [0, 0.1) is 11.3 Å². The third-order valence-electron chi connectivity index (χ3n) is 4.95. The summed E-state index contributed by atoms with van der Waals surface area (Å²) in [6, 6.07) is 7.46. The zero-order valence-corrected chi connectivity index (χ0v) is 13.0. The molecule has 4 heteroatoms. The molecule has 1 heterocycles. The maximum absolute atomic E-state index is 12.4. The average molecular weight is 306 g/mol. The van der Waals surface area contributed by atoms with Crippen LogP contribution in [0.1, 0.15) is 50.5 Å². The van der Waals surface area contributed by atoms with E-state index in [-0.39, 0.29) is 23.1 Å². The van der Waals surface area contributed by atoms with E-state index in [2.05, 4.69) is 12.2 Å². The first-order valence-electron chi connectivity index (χ1n) is 7.57. The number of amides is 2. The summed E-state index contributed by atoms with van der Waals surface area (Å²) < 4.78 is 0. The van der Waals surface area contributed by atoms with E-state index in [9.17, 15) is 9.59 Å². The highest BCUT2D eigenvalue weighted by Gasteiger charge is 2.47. The van der Waals surface area contributed by atoms with Crippen molar-refractivity contribution in [3.05, 3.63) is 34.9 Å². The van der Waals surface area contributed by atoms with E-state index in [0.29, 0.717) is 17.4 Å². The van der Waals surface area contributed by atoms with Crippen molar-refractivity contribution in [3.8, 4) is 0 Å². The van der Waals surface area contributed by atoms with Gasteiger partial charge in [0.15, 0.2) is 0 Å². The van der Waals surface area contributed by atoms with Gasteiger partial charge in [-0.05, 0) is 35.4 Å². The van der Waals surface area contributed by atoms with Gasteiger partial charge in [-0.3, -0.25) is 14.9 Å². The van der Waals surface area contributed by atoms with Crippen molar-refractivity contribution in [2.75, 3.05) is 0 Å². The summed E-state index contributed by atoms with van der Waals surface area (Å²) >= 11 is 6.08. The lowest BCUT2D eigenvalue weighted by Gasteiger charge is -2.44. The Balaban J connectivity index is 1.95. The zero-order valence-electron chi connectivity index (χ0n) is 12.2. The Morgan fingerprint density at radius 1 is 1.33 bits per heavy atom. The number of hydrogen-bond donors (Lipinski definition) is 1. The monoisotopic (exact) mass is 305 g/mol. The van der Waals surface area contributed by atoms with E-state index in [4.69, 9.17) is 11.6 Å². The van der Waals surface area contributed by atoms with Crippen molar-refractivity contribution in [1.29, 1.82) is 0 Å². The van der Waals surface area contributed by atoms with Gasteiger partial charge in [0, 0.05) is 11.4 Å². The quantitative estimate of drug-likeness (QED) is 0.866. The molecule has 2 amide bonds. The van der Waals surface area contributed by atoms with Gasteiger partial charge in [0.05, 0.1) is 5.92 Å². The van der Waals surface area contributed by atoms with Gasteiger partial charge in [-0.25, -0.2) is 0 Å². The third-order valence-corrected chi connectivity index (χ3v) is 5.18. The molecular formula is C17H20ClNO2. The van der Waals surface area contributed by atoms with E-state index in [1.807, 2.05) is 18.2 Å². The van der Waals surface area contributed by atoms with Crippen molar-refractivity contribution in [2.24, 2.45) is 11.3 Å². The van der Waals surface area contributed by atoms with Gasteiger partial charge in [-0.2, -0.15) is 0 Å². The summed E-state index contributed by atoms with van der Waals surface area (Å²) in [6.07, 6.45) is 5.04. The second-order valence-corrected chi connectivity index (χ2v) is 7.17. The fourth-order valence-corrected chi connectivity index (χ4v) is 4.02. The number of carbonyl (C=O) groups excluding carboxylic acids is 2. The number of piperidine rings is 1. The second kappa shape index (κ2) is 5.45. The molecule has 3 nitrogen and oxygen atoms in total. The first-order valence-corrected chi connectivity index (χ1v) is 7.95. The minimum atomic E-state index is -0.310. The van der Waals surface area contributed by atoms with E-state index >= 15 is 0 Å². The summed E-state index contributed by atoms with van der Waals surface area (Å²) in [4.78, 5) is 24.3. The molecule has 0 aromatic heterocycles. The van der Waals surface area contributed by atoms with Crippen molar-refractivity contribution in [2.45, 2.75) is 44.9 Å². The van der Waals surface area contributed by atoms with Crippen LogP contribution in [0.4, 0.5) is 0 Å². The third kappa shape index (κ3) is 2.84. The minimum absolute atomic E-state index is 0.153. The first-order chi connectivity index (χ1) is 9.98. The zero-order chi connectivity index (χ0) is 15.0. The maximum Gasteiger partial charge on any atom is 0.234 e. The molecule has 2 atom stereocenters. The van der Waals surface area contributed by atoms with Crippen LogP contribution in [0.3, 0.4) is 0 Å². The van der Waals surface area contributed by atoms with Crippen LogP contribution < -0.4 is 5.32 Å². The van der Waals surface area contributed by atoms with E-state index in [1.54, 1.807) is 6.07 Å². The topological polar surface area (TPSA) is 46.2 Å². The van der Waals surface area contributed by atoms with Gasteiger partial charge in [-0.15, -0.1) is 0 Å². The lowest BCUT2D eigenvalue weighted by atomic mass is 9.62. The Kier molecular flexibility index (Phi) is 3.78. The summed E-state index contributed by atoms with van der Waals surface area (Å²) in [7, 11) is 0. The van der Waals surface area contributed by atoms with Crippen molar-refractivity contribution in [1.82, 2.24) is 5.32 Å². The van der Waals surface area contributed by atoms with Crippen LogP contribution in [-0.4, -0.2) is 11.8 Å². The van der Waals surface area contributed by atoms with Gasteiger partial charge in [0.25, 0.3) is 0 Å². The molecule has 2 aliphatic rings. The molecule has 1 saturated heterocycles. The molecule has 1 aliphatic heterocycles. The molecule has 1 aromatic carbocycles. The van der Waals surface area contributed by atoms with Gasteiger partial charge >= 0.3 is 0 Å². The Bertz CT molecular complexity index is 582. The number of benzene rings is 1. The molecule has 2 fully saturated rings. The molecule has 0 bridgehead atoms. The summed E-state index contributed by atoms with van der Waals surface area (Å²) in [5.74, 6) is 0.0142. The second-order valence-electron chi connectivity index (χ2n) is 6.73. The first kappa shape index (κ1) is 14.6. The lowest BCUT2D eigenvalue weighted by Crippen LogP contribution is -2.50. The largest absolute Gasteiger partial charge is 0.296 e. The fourth-order valence-electron chi connectivity index (χ4n) is 3.83. The van der Waals surface area contributed by atoms with Gasteiger partial charge in [0.2, 0.25) is 11.8 Å². The van der Waals surface area contributed by atoms with Crippen LogP contribution in [0.5, 0.6) is 0 Å². The smallest absolute Gasteiger partial charge is 0.234 e. The predicted molar refractivity (Wildman–Crippen MR) is 82.0 cm³/mol. The molecule has 112 valence electrons. The molecule has 1 aliphatic carbocycles. The molecule has 2 unspecified atom stereocenters. The molecule has 21 heavy (non-hydrogen) atoms. The molecule has 1 N–H and O–H groups in total. The molecular weight excluding hydrogens is 286 g/mol. The van der Waals surface area contributed by atoms with E-state index in [0.717, 1.165) is 12.0 Å². The highest BCUT2D eigenvalue weighted by molar-refractivity contribution is 6.30. The summed E-state index contributed by atoms with van der Waals surface area (Å²) in [5, 5.41) is 3.12. The van der Waals surface area contributed by atoms with Gasteiger partial charge in [-0.1, -0.05) is 49.9 Å². The van der Waals surface area contributed by atoms with Crippen LogP contribution >= 0.6 is 11.6 Å². The SMILES string of the molecule is CC1(CC2CCC2)CC(=O)NC(=O)C1c1cccc(Cl)c1. The Labute approximate surface area is 130 Å². The van der Waals surface area contributed by atoms with Crippen LogP contribution in [-0.2, 0) is 9.59 Å². The highest BCUT2D eigenvalue weighted by atomic mass is 35.5. The number of rotatable bonds is 3. The van der Waals surface area contributed by atoms with E-state index in [1.165, 1.54) is 19.3 Å². The van der Waals surface area contributed by atoms with Gasteiger partial charge in [0.1, 0.15) is 0 Å². The standard InChI is InChI=1S/C17H20ClNO2/c1-17(9-11-4-2-5-11)10-14(20)19-16(21)15(17)12-6-3-7-13(18)8-12/h3,6-8,11,15H,2,4-5,9-10H2,1H3,(H,19,20,21). The normalized spacial score (nSPS) is 29.9. The predicted octanol–water partition coefficient (Wildman–Crippen LogP) is 3.67. The van der Waals surface area contributed by atoms with Gasteiger partial charge < -0.3 is 0 Å². The highest BCUT2D eigenvalue weighted by Crippen LogP contribution is 2.49. The molecule has 3 rings (SSSR count). The van der Waals surface area contributed by atoms with Crippen molar-refractivity contribution < 1.29 is 9.59 Å². The lowest BCUT2D eigenvalue weighted by molar-refractivity contribution is -0.140. The number of hydrogen-bond acceptors (Lipinski definition) is 2. The number of carbonyl (C=O) groups is 2. The molecule has 1 saturated carbocycles. The molecule has 0 radical (unpaired) electrons. The van der Waals surface area contributed by atoms with Crippen LogP contribution in [0.15, 0.2) is 24.3 Å². The van der Waals surface area contributed by atoms with Crippen molar-refractivity contribution >= 4 is 23.4 Å². The number of nitrogens with one attached hydrogen (secondary N) is 1. The average Bonchev–Trinajstić information content (AvgIpc) is 2.33. The number of imide groups is 1. The minimum Gasteiger partial charge on any atom is -0.296 e. The van der Waals surface area contributed by atoms with E-state index < -0.39 is 0 Å². The molecule has 0 spiro atoms. The Morgan fingerprint density at radius 3 is 2.71 bits per heavy atom. The van der Waals surface area contributed by atoms with Crippen molar-refractivity contribution in [3.63, 3.8) is 0 Å². The van der Waals surface area contributed by atoms with Crippen LogP contribution in [0.2, 0.25) is 5.02 Å². The Hall–Kier alpha value is -1.35. The molecule has 1 aromatic rings. The summed E-state index contributed by atoms with van der Waals surface area (Å²) in [6.45, 7) is 2.08. The van der Waals surface area contributed by atoms with Crippen LogP contribution in [0.25, 0.3) is 0 Å².